The fraction of sp³-hybridized carbons (Fsp3) is 0.0833. The molecular formula is C24H18ClIN2O3. The molecule has 156 valence electrons. The average molecular weight is 545 g/mol. The number of carbonyl (C=O) groups excluding carboxylic acids is 1. The first-order chi connectivity index (χ1) is 15.0. The fourth-order valence-corrected chi connectivity index (χ4v) is 3.37. The van der Waals surface area contributed by atoms with Gasteiger partial charge in [-0.15, -0.1) is 0 Å². The van der Waals surface area contributed by atoms with E-state index in [9.17, 15) is 10.1 Å². The second kappa shape index (κ2) is 10.8. The van der Waals surface area contributed by atoms with E-state index in [4.69, 9.17) is 21.1 Å². The molecule has 0 radical (unpaired) electrons. The van der Waals surface area contributed by atoms with Crippen molar-refractivity contribution in [2.75, 3.05) is 12.4 Å². The van der Waals surface area contributed by atoms with Crippen molar-refractivity contribution in [2.45, 2.75) is 6.61 Å². The van der Waals surface area contributed by atoms with Crippen LogP contribution in [0.15, 0.2) is 72.3 Å². The lowest BCUT2D eigenvalue weighted by molar-refractivity contribution is -0.112. The molecule has 0 aliphatic rings. The van der Waals surface area contributed by atoms with Gasteiger partial charge in [0.1, 0.15) is 18.2 Å². The van der Waals surface area contributed by atoms with Crippen LogP contribution >= 0.6 is 34.2 Å². The molecule has 0 spiro atoms. The Morgan fingerprint density at radius 3 is 2.52 bits per heavy atom. The lowest BCUT2D eigenvalue weighted by atomic mass is 10.1. The van der Waals surface area contributed by atoms with Crippen LogP contribution in [0, 0.1) is 14.9 Å². The smallest absolute Gasteiger partial charge is 0.266 e. The molecular weight excluding hydrogens is 527 g/mol. The van der Waals surface area contributed by atoms with Gasteiger partial charge in [-0.2, -0.15) is 5.26 Å². The molecule has 31 heavy (non-hydrogen) atoms. The van der Waals surface area contributed by atoms with E-state index in [1.54, 1.807) is 24.3 Å². The van der Waals surface area contributed by atoms with Crippen molar-refractivity contribution in [3.63, 3.8) is 0 Å². The molecule has 5 nitrogen and oxygen atoms in total. The molecule has 3 rings (SSSR count). The first kappa shape index (κ1) is 22.7. The average Bonchev–Trinajstić information content (AvgIpc) is 2.78. The van der Waals surface area contributed by atoms with Crippen LogP contribution in [0.5, 0.6) is 11.5 Å². The molecule has 0 heterocycles. The molecule has 0 unspecified atom stereocenters. The van der Waals surface area contributed by atoms with Gasteiger partial charge in [-0.25, -0.2) is 0 Å². The van der Waals surface area contributed by atoms with E-state index in [2.05, 4.69) is 27.9 Å². The van der Waals surface area contributed by atoms with E-state index in [0.29, 0.717) is 34.4 Å². The third-order valence-corrected chi connectivity index (χ3v) is 5.26. The topological polar surface area (TPSA) is 71.3 Å². The second-order valence-corrected chi connectivity index (χ2v) is 8.09. The number of anilines is 1. The summed E-state index contributed by atoms with van der Waals surface area (Å²) in [5.41, 5.74) is 2.08. The van der Waals surface area contributed by atoms with Gasteiger partial charge in [0.15, 0.2) is 11.5 Å². The fourth-order valence-electron chi connectivity index (χ4n) is 2.74. The zero-order chi connectivity index (χ0) is 22.2. The summed E-state index contributed by atoms with van der Waals surface area (Å²) in [5, 5.41) is 12.5. The highest BCUT2D eigenvalue weighted by atomic mass is 127. The van der Waals surface area contributed by atoms with Gasteiger partial charge in [0, 0.05) is 9.26 Å². The van der Waals surface area contributed by atoms with Gasteiger partial charge in [0.2, 0.25) is 0 Å². The molecule has 0 fully saturated rings. The minimum absolute atomic E-state index is 0.0605. The number of hydrogen-bond donors (Lipinski definition) is 1. The highest BCUT2D eigenvalue weighted by molar-refractivity contribution is 14.1. The predicted octanol–water partition coefficient (Wildman–Crippen LogP) is 6.08. The number of benzene rings is 3. The van der Waals surface area contributed by atoms with Crippen LogP contribution < -0.4 is 14.8 Å². The summed E-state index contributed by atoms with van der Waals surface area (Å²) >= 11 is 8.59. The van der Waals surface area contributed by atoms with Crippen LogP contribution in [-0.2, 0) is 11.4 Å². The third kappa shape index (κ3) is 6.23. The van der Waals surface area contributed by atoms with Crippen molar-refractivity contribution in [2.24, 2.45) is 0 Å². The molecule has 3 aromatic carbocycles. The summed E-state index contributed by atoms with van der Waals surface area (Å²) in [4.78, 5) is 12.5. The van der Waals surface area contributed by atoms with Crippen molar-refractivity contribution < 1.29 is 14.3 Å². The number of rotatable bonds is 7. The maximum atomic E-state index is 12.5. The maximum Gasteiger partial charge on any atom is 0.266 e. The highest BCUT2D eigenvalue weighted by Crippen LogP contribution is 2.37. The number of nitriles is 1. The zero-order valence-electron chi connectivity index (χ0n) is 16.6. The van der Waals surface area contributed by atoms with E-state index < -0.39 is 5.91 Å². The molecule has 7 heteroatoms. The molecule has 1 N–H and O–H groups in total. The lowest BCUT2D eigenvalue weighted by Gasteiger charge is -2.13. The van der Waals surface area contributed by atoms with E-state index in [0.717, 1.165) is 9.13 Å². The summed E-state index contributed by atoms with van der Waals surface area (Å²) in [7, 11) is 1.50. The van der Waals surface area contributed by atoms with Gasteiger partial charge in [-0.05, 0) is 76.2 Å². The maximum absolute atomic E-state index is 12.5. The minimum atomic E-state index is -0.511. The van der Waals surface area contributed by atoms with Gasteiger partial charge in [0.25, 0.3) is 5.91 Å². The van der Waals surface area contributed by atoms with E-state index >= 15 is 0 Å². The molecule has 0 atom stereocenters. The minimum Gasteiger partial charge on any atom is -0.493 e. The largest absolute Gasteiger partial charge is 0.493 e. The van der Waals surface area contributed by atoms with Crippen LogP contribution in [0.2, 0.25) is 5.02 Å². The van der Waals surface area contributed by atoms with Crippen molar-refractivity contribution in [1.82, 2.24) is 0 Å². The SMILES string of the molecule is COc1cc(/C=C(\C#N)C(=O)Nc2ccc(I)cc2)cc(Cl)c1OCc1ccccc1. The van der Waals surface area contributed by atoms with Gasteiger partial charge in [-0.1, -0.05) is 41.9 Å². The van der Waals surface area contributed by atoms with Gasteiger partial charge < -0.3 is 14.8 Å². The summed E-state index contributed by atoms with van der Waals surface area (Å²) < 4.78 is 12.3. The van der Waals surface area contributed by atoms with E-state index in [1.165, 1.54) is 13.2 Å². The Labute approximate surface area is 199 Å². The van der Waals surface area contributed by atoms with Crippen molar-refractivity contribution in [3.8, 4) is 17.6 Å². The standard InChI is InChI=1S/C24H18ClIN2O3/c1-30-22-13-17(12-21(25)23(22)31-15-16-5-3-2-4-6-16)11-18(14-27)24(29)28-20-9-7-19(26)8-10-20/h2-13H,15H2,1H3,(H,28,29)/b18-11+. The first-order valence-electron chi connectivity index (χ1n) is 9.23. The van der Waals surface area contributed by atoms with Gasteiger partial charge >= 0.3 is 0 Å². The number of nitrogens with zero attached hydrogens (tertiary/aromatic N) is 1. The quantitative estimate of drug-likeness (QED) is 0.222. The van der Waals surface area contributed by atoms with Crippen LogP contribution in [0.3, 0.4) is 0 Å². The number of amides is 1. The summed E-state index contributed by atoms with van der Waals surface area (Å²) in [6.45, 7) is 0.327. The molecule has 0 saturated carbocycles. The Kier molecular flexibility index (Phi) is 7.93. The van der Waals surface area contributed by atoms with Crippen LogP contribution in [0.4, 0.5) is 5.69 Å². The third-order valence-electron chi connectivity index (χ3n) is 4.26. The lowest BCUT2D eigenvalue weighted by Crippen LogP contribution is -2.13. The number of halogens is 2. The Balaban J connectivity index is 1.81. The molecule has 0 bridgehead atoms. The number of nitrogens with one attached hydrogen (secondary N) is 1. The summed E-state index contributed by atoms with van der Waals surface area (Å²) in [6.07, 6.45) is 1.46. The highest BCUT2D eigenvalue weighted by Gasteiger charge is 2.14. The Bertz CT molecular complexity index is 1140. The number of methoxy groups -OCH3 is 1. The van der Waals surface area contributed by atoms with Crippen molar-refractivity contribution in [3.05, 3.63) is 92.0 Å². The van der Waals surface area contributed by atoms with Crippen LogP contribution in [-0.4, -0.2) is 13.0 Å². The van der Waals surface area contributed by atoms with Crippen LogP contribution in [0.1, 0.15) is 11.1 Å². The normalized spacial score (nSPS) is 10.8. The predicted molar refractivity (Wildman–Crippen MR) is 130 cm³/mol. The molecule has 1 amide bonds. The van der Waals surface area contributed by atoms with Crippen molar-refractivity contribution >= 4 is 51.9 Å². The van der Waals surface area contributed by atoms with Gasteiger partial charge in [0.05, 0.1) is 12.1 Å². The number of hydrogen-bond acceptors (Lipinski definition) is 4. The van der Waals surface area contributed by atoms with Crippen molar-refractivity contribution in [1.29, 1.82) is 5.26 Å². The second-order valence-electron chi connectivity index (χ2n) is 6.44. The van der Waals surface area contributed by atoms with Gasteiger partial charge in [-0.3, -0.25) is 4.79 Å². The summed E-state index contributed by atoms with van der Waals surface area (Å²) in [5.74, 6) is 0.292. The first-order valence-corrected chi connectivity index (χ1v) is 10.7. The Morgan fingerprint density at radius 1 is 1.16 bits per heavy atom. The molecule has 3 aromatic rings. The number of ether oxygens (including phenoxy) is 2. The van der Waals surface area contributed by atoms with Crippen LogP contribution in [0.25, 0.3) is 6.08 Å². The molecule has 0 saturated heterocycles. The Morgan fingerprint density at radius 2 is 1.87 bits per heavy atom. The molecule has 0 aromatic heterocycles. The van der Waals surface area contributed by atoms with E-state index in [1.807, 2.05) is 48.5 Å². The monoisotopic (exact) mass is 544 g/mol. The molecule has 0 aliphatic heterocycles. The zero-order valence-corrected chi connectivity index (χ0v) is 19.5. The van der Waals surface area contributed by atoms with E-state index in [-0.39, 0.29) is 5.57 Å². The Hall–Kier alpha value is -3.02. The molecule has 0 aliphatic carbocycles. The summed E-state index contributed by atoms with van der Waals surface area (Å²) in [6, 6.07) is 22.2. The number of carbonyl (C=O) groups is 1.